The number of ether oxygens (including phenoxy) is 2. The number of benzene rings is 2. The number of esters is 1. The average molecular weight is 502 g/mol. The summed E-state index contributed by atoms with van der Waals surface area (Å²) >= 11 is 5.73. The Morgan fingerprint density at radius 3 is 2.39 bits per heavy atom. The van der Waals surface area contributed by atoms with Gasteiger partial charge in [-0.25, -0.2) is 8.42 Å². The van der Waals surface area contributed by atoms with Crippen LogP contribution in [-0.2, 0) is 24.3 Å². The Morgan fingerprint density at radius 2 is 1.85 bits per heavy atom. The predicted molar refractivity (Wildman–Crippen MR) is 116 cm³/mol. The summed E-state index contributed by atoms with van der Waals surface area (Å²) in [5.74, 6) is -1.98. The molecular weight excluding hydrogens is 482 g/mol. The second-order valence-corrected chi connectivity index (χ2v) is 8.74. The number of methoxy groups -OCH3 is 1. The first-order valence-corrected chi connectivity index (χ1v) is 11.1. The summed E-state index contributed by atoms with van der Waals surface area (Å²) in [6, 6.07) is 6.85. The lowest BCUT2D eigenvalue weighted by Crippen LogP contribution is -2.48. The van der Waals surface area contributed by atoms with Gasteiger partial charge in [-0.2, -0.15) is 4.72 Å². The number of aliphatic hydroxyl groups is 1. The third kappa shape index (κ3) is 7.12. The molecule has 14 heteroatoms. The van der Waals surface area contributed by atoms with Gasteiger partial charge in [-0.1, -0.05) is 11.6 Å². The summed E-state index contributed by atoms with van der Waals surface area (Å²) in [6.45, 7) is 0.293. The Balaban J connectivity index is 2.06. The molecule has 0 spiro atoms. The highest BCUT2D eigenvalue weighted by atomic mass is 35.5. The maximum atomic E-state index is 12.5. The van der Waals surface area contributed by atoms with Crippen molar-refractivity contribution in [2.24, 2.45) is 0 Å². The fraction of sp³-hybridized carbons (Fsp3) is 0.263. The number of nitro benzene ring substituents is 1. The molecule has 0 unspecified atom stereocenters. The van der Waals surface area contributed by atoms with Crippen molar-refractivity contribution in [3.8, 4) is 5.75 Å². The van der Waals surface area contributed by atoms with Gasteiger partial charge in [0.2, 0.25) is 10.0 Å². The van der Waals surface area contributed by atoms with Crippen molar-refractivity contribution in [1.29, 1.82) is 0 Å². The predicted octanol–water partition coefficient (Wildman–Crippen LogP) is 1.47. The molecule has 2 aromatic carbocycles. The van der Waals surface area contributed by atoms with Crippen LogP contribution in [0.5, 0.6) is 5.75 Å². The van der Waals surface area contributed by atoms with Crippen LogP contribution < -0.4 is 14.8 Å². The van der Waals surface area contributed by atoms with Crippen LogP contribution in [0.4, 0.5) is 11.4 Å². The smallest absolute Gasteiger partial charge is 0.327 e. The molecule has 2 atom stereocenters. The van der Waals surface area contributed by atoms with Crippen molar-refractivity contribution < 1.29 is 37.5 Å². The molecule has 0 fully saturated rings. The number of nitro groups is 1. The molecular formula is C19H20ClN3O9S. The Bertz CT molecular complexity index is 1140. The topological polar surface area (TPSA) is 174 Å². The quantitative estimate of drug-likeness (QED) is 0.247. The summed E-state index contributed by atoms with van der Waals surface area (Å²) in [4.78, 5) is 34.6. The van der Waals surface area contributed by atoms with Gasteiger partial charge in [0.1, 0.15) is 11.8 Å². The van der Waals surface area contributed by atoms with E-state index in [9.17, 15) is 33.2 Å². The average Bonchev–Trinajstić information content (AvgIpc) is 2.75. The van der Waals surface area contributed by atoms with Gasteiger partial charge < -0.3 is 19.9 Å². The molecule has 0 aromatic heterocycles. The van der Waals surface area contributed by atoms with E-state index in [-0.39, 0.29) is 22.0 Å². The van der Waals surface area contributed by atoms with E-state index in [4.69, 9.17) is 21.1 Å². The summed E-state index contributed by atoms with van der Waals surface area (Å²) in [7, 11) is -2.94. The molecule has 0 heterocycles. The van der Waals surface area contributed by atoms with Crippen LogP contribution >= 0.6 is 11.6 Å². The van der Waals surface area contributed by atoms with Crippen molar-refractivity contribution in [3.63, 3.8) is 0 Å². The fourth-order valence-corrected chi connectivity index (χ4v) is 3.90. The van der Waals surface area contributed by atoms with Crippen LogP contribution in [0.15, 0.2) is 47.4 Å². The summed E-state index contributed by atoms with van der Waals surface area (Å²) in [6.07, 6.45) is -1.50. The number of sulfonamides is 1. The van der Waals surface area contributed by atoms with Crippen molar-refractivity contribution in [1.82, 2.24) is 4.72 Å². The summed E-state index contributed by atoms with van der Waals surface area (Å²) < 4.78 is 36.8. The van der Waals surface area contributed by atoms with Gasteiger partial charge in [0.15, 0.2) is 6.61 Å². The van der Waals surface area contributed by atoms with E-state index in [1.807, 2.05) is 4.72 Å². The monoisotopic (exact) mass is 501 g/mol. The van der Waals surface area contributed by atoms with Gasteiger partial charge >= 0.3 is 5.97 Å². The number of hydrogen-bond acceptors (Lipinski definition) is 9. The minimum atomic E-state index is -4.23. The van der Waals surface area contributed by atoms with E-state index in [2.05, 4.69) is 5.32 Å². The number of rotatable bonds is 10. The molecule has 0 aliphatic rings. The van der Waals surface area contributed by atoms with Gasteiger partial charge in [-0.05, 0) is 37.3 Å². The number of carbonyl (C=O) groups excluding carboxylic acids is 2. The van der Waals surface area contributed by atoms with Gasteiger partial charge in [0, 0.05) is 17.2 Å². The third-order valence-electron chi connectivity index (χ3n) is 4.16. The molecule has 0 bridgehead atoms. The second-order valence-electron chi connectivity index (χ2n) is 6.59. The van der Waals surface area contributed by atoms with Crippen LogP contribution in [-0.4, -0.2) is 56.2 Å². The zero-order chi connectivity index (χ0) is 24.8. The molecule has 0 saturated heterocycles. The van der Waals surface area contributed by atoms with E-state index < -0.39 is 45.6 Å². The first-order chi connectivity index (χ1) is 15.4. The standard InChI is InChI=1S/C19H20ClN3O9S/c1-11(24)18(22-33(29,30)14-6-3-12(20)4-7-14)19(26)32-10-17(25)21-15-9-13(23(27)28)5-8-16(15)31-2/h3-9,11,18,22,24H,10H2,1-2H3,(H,21,25)/t11-,18+/m1/s1. The molecule has 33 heavy (non-hydrogen) atoms. The fourth-order valence-electron chi connectivity index (χ4n) is 2.51. The minimum Gasteiger partial charge on any atom is -0.495 e. The highest BCUT2D eigenvalue weighted by Gasteiger charge is 2.31. The zero-order valence-corrected chi connectivity index (χ0v) is 18.9. The van der Waals surface area contributed by atoms with Crippen LogP contribution in [0.25, 0.3) is 0 Å². The van der Waals surface area contributed by atoms with Gasteiger partial charge in [0.25, 0.3) is 11.6 Å². The first kappa shape index (κ1) is 26.0. The normalized spacial score (nSPS) is 13.0. The third-order valence-corrected chi connectivity index (χ3v) is 5.86. The van der Waals surface area contributed by atoms with Crippen molar-refractivity contribution in [3.05, 3.63) is 57.6 Å². The van der Waals surface area contributed by atoms with E-state index in [0.29, 0.717) is 5.02 Å². The molecule has 0 radical (unpaired) electrons. The van der Waals surface area contributed by atoms with E-state index in [0.717, 1.165) is 13.0 Å². The SMILES string of the molecule is COc1ccc([N+](=O)[O-])cc1NC(=O)COC(=O)[C@@H](NS(=O)(=O)c1ccc(Cl)cc1)[C@@H](C)O. The maximum Gasteiger partial charge on any atom is 0.327 e. The van der Waals surface area contributed by atoms with Gasteiger partial charge in [-0.3, -0.25) is 19.7 Å². The summed E-state index contributed by atoms with van der Waals surface area (Å²) in [5.41, 5.74) is -0.350. The Hall–Kier alpha value is -3.26. The largest absolute Gasteiger partial charge is 0.495 e. The number of nitrogens with zero attached hydrogens (tertiary/aromatic N) is 1. The van der Waals surface area contributed by atoms with E-state index in [1.165, 1.54) is 43.5 Å². The molecule has 0 aliphatic carbocycles. The van der Waals surface area contributed by atoms with Crippen molar-refractivity contribution in [2.45, 2.75) is 24.0 Å². The number of halogens is 1. The first-order valence-electron chi connectivity index (χ1n) is 9.19. The lowest BCUT2D eigenvalue weighted by Gasteiger charge is -2.20. The van der Waals surface area contributed by atoms with Gasteiger partial charge in [-0.15, -0.1) is 0 Å². The molecule has 178 valence electrons. The Morgan fingerprint density at radius 1 is 1.21 bits per heavy atom. The highest BCUT2D eigenvalue weighted by molar-refractivity contribution is 7.89. The number of amides is 1. The Labute approximate surface area is 193 Å². The molecule has 0 aliphatic heterocycles. The molecule has 0 saturated carbocycles. The van der Waals surface area contributed by atoms with Crippen molar-refractivity contribution >= 4 is 44.9 Å². The maximum absolute atomic E-state index is 12.5. The number of hydrogen-bond donors (Lipinski definition) is 3. The minimum absolute atomic E-state index is 0.0386. The van der Waals surface area contributed by atoms with Crippen molar-refractivity contribution in [2.75, 3.05) is 19.0 Å². The molecule has 12 nitrogen and oxygen atoms in total. The lowest BCUT2D eigenvalue weighted by molar-refractivity contribution is -0.384. The molecule has 1 amide bonds. The Kier molecular flexibility index (Phi) is 8.70. The van der Waals surface area contributed by atoms with Crippen LogP contribution in [0.2, 0.25) is 5.02 Å². The van der Waals surface area contributed by atoms with Crippen LogP contribution in [0.1, 0.15) is 6.92 Å². The van der Waals surface area contributed by atoms with E-state index >= 15 is 0 Å². The van der Waals surface area contributed by atoms with E-state index in [1.54, 1.807) is 0 Å². The van der Waals surface area contributed by atoms with Crippen LogP contribution in [0, 0.1) is 10.1 Å². The second kappa shape index (κ2) is 11.0. The van der Waals surface area contributed by atoms with Crippen LogP contribution in [0.3, 0.4) is 0 Å². The molecule has 3 N–H and O–H groups in total. The zero-order valence-electron chi connectivity index (χ0n) is 17.3. The summed E-state index contributed by atoms with van der Waals surface area (Å²) in [5, 5.41) is 23.4. The number of anilines is 1. The molecule has 2 aromatic rings. The number of non-ortho nitro benzene ring substituents is 1. The number of carbonyl (C=O) groups is 2. The van der Waals surface area contributed by atoms with Gasteiger partial charge in [0.05, 0.1) is 28.7 Å². The highest BCUT2D eigenvalue weighted by Crippen LogP contribution is 2.28. The number of aliphatic hydroxyl groups excluding tert-OH is 1. The lowest BCUT2D eigenvalue weighted by atomic mass is 10.2. The number of nitrogens with one attached hydrogen (secondary N) is 2. The molecule has 2 rings (SSSR count).